The summed E-state index contributed by atoms with van der Waals surface area (Å²) in [6.45, 7) is 10.4. The maximum Gasteiger partial charge on any atom is 0.260 e. The fourth-order valence-corrected chi connectivity index (χ4v) is 10.2. The lowest BCUT2D eigenvalue weighted by molar-refractivity contribution is -0.125. The Labute approximate surface area is 252 Å². The smallest absolute Gasteiger partial charge is 0.260 e. The molecule has 5 aliphatic rings. The van der Waals surface area contributed by atoms with Gasteiger partial charge in [-0.3, -0.25) is 4.79 Å². The molecule has 0 unspecified atom stereocenters. The van der Waals surface area contributed by atoms with E-state index in [1.54, 1.807) is 0 Å². The number of aliphatic hydroxyl groups is 1. The monoisotopic (exact) mass is 576 g/mol. The predicted molar refractivity (Wildman–Crippen MR) is 166 cm³/mol. The van der Waals surface area contributed by atoms with Gasteiger partial charge in [0.25, 0.3) is 5.91 Å². The molecule has 0 spiro atoms. The minimum absolute atomic E-state index is 0.00810. The van der Waals surface area contributed by atoms with Gasteiger partial charge >= 0.3 is 0 Å². The molecule has 1 heterocycles. The number of nitrogens with one attached hydrogen (secondary N) is 1. The largest absolute Gasteiger partial charge is 0.393 e. The van der Waals surface area contributed by atoms with Crippen LogP contribution >= 0.6 is 0 Å². The SMILES string of the molecule is CC1(C)C[C@@](CCNC(=O)CON=C2C=C3CC[C@@H]4[C@@H]5CC[C@@H](O)[C@@]5(C)CC[C@@H]4[C@@]3(C)CC2)(c2ccccc2)CCO1. The van der Waals surface area contributed by atoms with E-state index in [1.807, 2.05) is 0 Å². The molecular formula is C36H52N2O4. The van der Waals surface area contributed by atoms with Crippen LogP contribution in [0.4, 0.5) is 0 Å². The maximum absolute atomic E-state index is 12.7. The van der Waals surface area contributed by atoms with Crippen LogP contribution in [0.3, 0.4) is 0 Å². The highest BCUT2D eigenvalue weighted by molar-refractivity contribution is 5.96. The Bertz CT molecular complexity index is 1210. The van der Waals surface area contributed by atoms with Crippen LogP contribution in [0, 0.1) is 28.6 Å². The summed E-state index contributed by atoms with van der Waals surface area (Å²) in [6, 6.07) is 10.7. The zero-order valence-electron chi connectivity index (χ0n) is 26.3. The van der Waals surface area contributed by atoms with Crippen LogP contribution in [0.15, 0.2) is 47.1 Å². The third-order valence-corrected chi connectivity index (χ3v) is 12.5. The second kappa shape index (κ2) is 11.4. The first kappa shape index (κ1) is 29.9. The summed E-state index contributed by atoms with van der Waals surface area (Å²) in [6.07, 6.45) is 13.8. The van der Waals surface area contributed by atoms with Gasteiger partial charge in [0.1, 0.15) is 0 Å². The van der Waals surface area contributed by atoms with Crippen molar-refractivity contribution < 1.29 is 19.5 Å². The molecule has 42 heavy (non-hydrogen) atoms. The molecule has 1 aliphatic heterocycles. The van der Waals surface area contributed by atoms with Crippen molar-refractivity contribution in [2.24, 2.45) is 33.7 Å². The average Bonchev–Trinajstić information content (AvgIpc) is 3.27. The van der Waals surface area contributed by atoms with Gasteiger partial charge in [-0.15, -0.1) is 0 Å². The Morgan fingerprint density at radius 2 is 1.83 bits per heavy atom. The molecule has 230 valence electrons. The van der Waals surface area contributed by atoms with Crippen molar-refractivity contribution in [3.63, 3.8) is 0 Å². The molecule has 0 aromatic heterocycles. The second-order valence-electron chi connectivity index (χ2n) is 15.3. The summed E-state index contributed by atoms with van der Waals surface area (Å²) in [7, 11) is 0. The number of allylic oxidation sites excluding steroid dienone is 2. The lowest BCUT2D eigenvalue weighted by atomic mass is 9.47. The quantitative estimate of drug-likeness (QED) is 0.353. The first-order chi connectivity index (χ1) is 20.0. The van der Waals surface area contributed by atoms with E-state index in [1.165, 1.54) is 30.4 Å². The molecular weight excluding hydrogens is 524 g/mol. The average molecular weight is 577 g/mol. The Balaban J connectivity index is 1.02. The molecule has 1 aromatic rings. The number of aliphatic hydroxyl groups excluding tert-OH is 1. The molecule has 0 bridgehead atoms. The van der Waals surface area contributed by atoms with Gasteiger partial charge in [-0.2, -0.15) is 0 Å². The lowest BCUT2D eigenvalue weighted by Gasteiger charge is -2.57. The van der Waals surface area contributed by atoms with Gasteiger partial charge in [0.05, 0.1) is 17.4 Å². The minimum Gasteiger partial charge on any atom is -0.393 e. The molecule has 3 saturated carbocycles. The summed E-state index contributed by atoms with van der Waals surface area (Å²) in [4.78, 5) is 18.3. The third-order valence-electron chi connectivity index (χ3n) is 12.5. The van der Waals surface area contributed by atoms with E-state index in [4.69, 9.17) is 9.57 Å². The zero-order chi connectivity index (χ0) is 29.6. The number of carbonyl (C=O) groups excluding carboxylic acids is 1. The minimum atomic E-state index is -0.183. The summed E-state index contributed by atoms with van der Waals surface area (Å²) in [5, 5.41) is 18.3. The van der Waals surface area contributed by atoms with Crippen molar-refractivity contribution >= 4 is 11.6 Å². The normalized spacial score (nSPS) is 39.9. The summed E-state index contributed by atoms with van der Waals surface area (Å²) < 4.78 is 6.03. The third kappa shape index (κ3) is 5.47. The van der Waals surface area contributed by atoms with E-state index in [9.17, 15) is 9.90 Å². The molecule has 4 fully saturated rings. The number of oxime groups is 1. The van der Waals surface area contributed by atoms with Crippen molar-refractivity contribution in [3.05, 3.63) is 47.5 Å². The molecule has 0 radical (unpaired) electrons. The summed E-state index contributed by atoms with van der Waals surface area (Å²) in [5.74, 6) is 1.98. The van der Waals surface area contributed by atoms with Gasteiger partial charge in [-0.1, -0.05) is 54.9 Å². The van der Waals surface area contributed by atoms with Crippen LogP contribution in [0.5, 0.6) is 0 Å². The first-order valence-electron chi connectivity index (χ1n) is 16.6. The van der Waals surface area contributed by atoms with Crippen molar-refractivity contribution in [3.8, 4) is 0 Å². The van der Waals surface area contributed by atoms with Gasteiger partial charge in [0.15, 0.2) is 6.61 Å². The van der Waals surface area contributed by atoms with E-state index in [0.29, 0.717) is 18.4 Å². The molecule has 1 amide bonds. The Morgan fingerprint density at radius 3 is 2.62 bits per heavy atom. The molecule has 7 atom stereocenters. The maximum atomic E-state index is 12.7. The number of benzene rings is 1. The Hall–Kier alpha value is -2.18. The van der Waals surface area contributed by atoms with Gasteiger partial charge in [0, 0.05) is 18.6 Å². The number of hydrogen-bond donors (Lipinski definition) is 2. The van der Waals surface area contributed by atoms with Crippen LogP contribution in [-0.2, 0) is 19.8 Å². The van der Waals surface area contributed by atoms with E-state index in [-0.39, 0.29) is 40.5 Å². The standard InChI is InChI=1S/C36H52N2O4/c1-33(2)24-36(19-21-41-33,25-8-6-5-7-9-25)18-20-37-32(40)23-42-38-27-14-16-34(3)26(22-27)10-11-28-29-12-13-31(39)35(29,4)17-15-30(28)34/h5-9,22,28-31,39H,10-21,23-24H2,1-4H3,(H,37,40)/t28-,29+,30+,31-,34+,35+,36+/m1/s1. The van der Waals surface area contributed by atoms with Gasteiger partial charge in [-0.05, 0) is 125 Å². The lowest BCUT2D eigenvalue weighted by Crippen LogP contribution is -2.51. The molecule has 6 heteroatoms. The van der Waals surface area contributed by atoms with Crippen molar-refractivity contribution in [1.29, 1.82) is 0 Å². The highest BCUT2D eigenvalue weighted by Gasteiger charge is 2.58. The Morgan fingerprint density at radius 1 is 1.02 bits per heavy atom. The number of nitrogens with zero attached hydrogens (tertiary/aromatic N) is 1. The molecule has 4 aliphatic carbocycles. The van der Waals surface area contributed by atoms with Gasteiger partial charge < -0.3 is 20.0 Å². The zero-order valence-corrected chi connectivity index (χ0v) is 26.3. The fraction of sp³-hybridized carbons (Fsp3) is 0.722. The van der Waals surface area contributed by atoms with Crippen molar-refractivity contribution in [2.75, 3.05) is 19.8 Å². The van der Waals surface area contributed by atoms with Crippen LogP contribution < -0.4 is 5.32 Å². The van der Waals surface area contributed by atoms with Crippen LogP contribution in [0.25, 0.3) is 0 Å². The molecule has 1 aromatic carbocycles. The van der Waals surface area contributed by atoms with Gasteiger partial charge in [-0.25, -0.2) is 0 Å². The fourth-order valence-electron chi connectivity index (χ4n) is 10.2. The number of hydrogen-bond acceptors (Lipinski definition) is 5. The van der Waals surface area contributed by atoms with Gasteiger partial charge in [0.2, 0.25) is 0 Å². The second-order valence-corrected chi connectivity index (χ2v) is 15.3. The summed E-state index contributed by atoms with van der Waals surface area (Å²) >= 11 is 0. The molecule has 2 N–H and O–H groups in total. The predicted octanol–water partition coefficient (Wildman–Crippen LogP) is 6.72. The highest BCUT2D eigenvalue weighted by atomic mass is 16.6. The van der Waals surface area contributed by atoms with Crippen molar-refractivity contribution in [1.82, 2.24) is 5.32 Å². The molecule has 6 rings (SSSR count). The van der Waals surface area contributed by atoms with E-state index < -0.39 is 0 Å². The van der Waals surface area contributed by atoms with Crippen molar-refractivity contribution in [2.45, 2.75) is 115 Å². The topological polar surface area (TPSA) is 80.2 Å². The van der Waals surface area contributed by atoms with Crippen LogP contribution in [0.1, 0.15) is 104 Å². The number of amides is 1. The number of carbonyl (C=O) groups is 1. The Kier molecular flexibility index (Phi) is 8.10. The number of ether oxygens (including phenoxy) is 1. The summed E-state index contributed by atoms with van der Waals surface area (Å²) in [5.41, 5.74) is 3.98. The number of fused-ring (bicyclic) bond motifs is 5. The number of rotatable bonds is 7. The molecule has 1 saturated heterocycles. The van der Waals surface area contributed by atoms with E-state index in [2.05, 4.69) is 74.6 Å². The van der Waals surface area contributed by atoms with Crippen LogP contribution in [0.2, 0.25) is 0 Å². The van der Waals surface area contributed by atoms with Crippen LogP contribution in [-0.4, -0.2) is 48.2 Å². The first-order valence-corrected chi connectivity index (χ1v) is 16.6. The molecule has 6 nitrogen and oxygen atoms in total. The van der Waals surface area contributed by atoms with E-state index in [0.717, 1.165) is 69.6 Å². The van der Waals surface area contributed by atoms with E-state index >= 15 is 0 Å². The highest BCUT2D eigenvalue weighted by Crippen LogP contribution is 2.65.